The lowest BCUT2D eigenvalue weighted by Crippen LogP contribution is -2.52. The van der Waals surface area contributed by atoms with Crippen LogP contribution < -0.4 is 0 Å². The van der Waals surface area contributed by atoms with Crippen molar-refractivity contribution in [1.82, 2.24) is 15.0 Å². The molecule has 1 aromatic heterocycles. The number of ether oxygens (including phenoxy) is 1. The van der Waals surface area contributed by atoms with Gasteiger partial charge in [0.2, 0.25) is 5.91 Å². The van der Waals surface area contributed by atoms with E-state index >= 15 is 0 Å². The Balaban J connectivity index is 1.45. The standard InChI is InChI=1S/C17H25N3O4/c1-12-14(13(2)24-18-12)5-6-16(21)19-7-9-20(10-8-19)17(22)15-4-3-11-23-15/h15H,3-11H2,1-2H3. The molecule has 0 aromatic carbocycles. The molecule has 0 saturated carbocycles. The van der Waals surface area contributed by atoms with Crippen molar-refractivity contribution in [2.24, 2.45) is 0 Å². The quantitative estimate of drug-likeness (QED) is 0.823. The number of hydrogen-bond acceptors (Lipinski definition) is 5. The van der Waals surface area contributed by atoms with E-state index in [9.17, 15) is 9.59 Å². The van der Waals surface area contributed by atoms with Crippen LogP contribution in [0.3, 0.4) is 0 Å². The molecule has 2 aliphatic heterocycles. The highest BCUT2D eigenvalue weighted by atomic mass is 16.5. The summed E-state index contributed by atoms with van der Waals surface area (Å²) in [5, 5.41) is 3.92. The second-order valence-corrected chi connectivity index (χ2v) is 6.51. The first kappa shape index (κ1) is 17.0. The Morgan fingerprint density at radius 2 is 1.88 bits per heavy atom. The third-order valence-electron chi connectivity index (χ3n) is 4.92. The summed E-state index contributed by atoms with van der Waals surface area (Å²) in [4.78, 5) is 28.4. The zero-order valence-electron chi connectivity index (χ0n) is 14.4. The maximum absolute atomic E-state index is 12.4. The number of nitrogens with zero attached hydrogens (tertiary/aromatic N) is 3. The number of rotatable bonds is 4. The lowest BCUT2D eigenvalue weighted by Gasteiger charge is -2.35. The first-order chi connectivity index (χ1) is 11.6. The van der Waals surface area contributed by atoms with Crippen LogP contribution in [0, 0.1) is 13.8 Å². The normalized spacial score (nSPS) is 21.3. The van der Waals surface area contributed by atoms with E-state index in [2.05, 4.69) is 5.16 Å². The lowest BCUT2D eigenvalue weighted by molar-refractivity contribution is -0.146. The molecule has 1 unspecified atom stereocenters. The van der Waals surface area contributed by atoms with Crippen LogP contribution in [-0.2, 0) is 20.7 Å². The number of piperazine rings is 1. The maximum Gasteiger partial charge on any atom is 0.251 e. The van der Waals surface area contributed by atoms with Gasteiger partial charge in [0.05, 0.1) is 5.69 Å². The Morgan fingerprint density at radius 1 is 1.17 bits per heavy atom. The topological polar surface area (TPSA) is 75.9 Å². The van der Waals surface area contributed by atoms with Gasteiger partial charge in [-0.3, -0.25) is 9.59 Å². The Labute approximate surface area is 141 Å². The van der Waals surface area contributed by atoms with Crippen molar-refractivity contribution in [3.8, 4) is 0 Å². The molecule has 7 nitrogen and oxygen atoms in total. The van der Waals surface area contributed by atoms with Crippen molar-refractivity contribution >= 4 is 11.8 Å². The number of carbonyl (C=O) groups excluding carboxylic acids is 2. The SMILES string of the molecule is Cc1noc(C)c1CCC(=O)N1CCN(C(=O)C2CCCO2)CC1. The fourth-order valence-corrected chi connectivity index (χ4v) is 3.40. The van der Waals surface area contributed by atoms with Crippen LogP contribution in [0.25, 0.3) is 0 Å². The van der Waals surface area contributed by atoms with Gasteiger partial charge in [-0.15, -0.1) is 0 Å². The predicted molar refractivity (Wildman–Crippen MR) is 86.4 cm³/mol. The van der Waals surface area contributed by atoms with Crippen molar-refractivity contribution in [3.63, 3.8) is 0 Å². The largest absolute Gasteiger partial charge is 0.368 e. The summed E-state index contributed by atoms with van der Waals surface area (Å²) in [6.45, 7) is 6.82. The molecule has 0 bridgehead atoms. The van der Waals surface area contributed by atoms with Gasteiger partial charge in [-0.25, -0.2) is 0 Å². The predicted octanol–water partition coefficient (Wildman–Crippen LogP) is 1.07. The molecule has 2 amide bonds. The highest BCUT2D eigenvalue weighted by molar-refractivity contribution is 5.82. The molecule has 3 heterocycles. The molecule has 2 saturated heterocycles. The van der Waals surface area contributed by atoms with Gasteiger partial charge in [0.15, 0.2) is 0 Å². The first-order valence-corrected chi connectivity index (χ1v) is 8.66. The van der Waals surface area contributed by atoms with Gasteiger partial charge in [-0.2, -0.15) is 0 Å². The number of amides is 2. The van der Waals surface area contributed by atoms with Crippen LogP contribution in [-0.4, -0.2) is 65.7 Å². The summed E-state index contributed by atoms with van der Waals surface area (Å²) in [5.41, 5.74) is 1.88. The van der Waals surface area contributed by atoms with E-state index in [-0.39, 0.29) is 17.9 Å². The van der Waals surface area contributed by atoms with Crippen molar-refractivity contribution < 1.29 is 18.8 Å². The minimum absolute atomic E-state index is 0.0790. The number of carbonyl (C=O) groups is 2. The van der Waals surface area contributed by atoms with Crippen molar-refractivity contribution in [1.29, 1.82) is 0 Å². The third kappa shape index (κ3) is 3.61. The van der Waals surface area contributed by atoms with E-state index < -0.39 is 0 Å². The molecule has 0 spiro atoms. The van der Waals surface area contributed by atoms with Crippen molar-refractivity contribution in [2.45, 2.75) is 45.6 Å². The monoisotopic (exact) mass is 335 g/mol. The van der Waals surface area contributed by atoms with E-state index in [0.717, 1.165) is 29.9 Å². The summed E-state index contributed by atoms with van der Waals surface area (Å²) < 4.78 is 10.6. The Morgan fingerprint density at radius 3 is 2.46 bits per heavy atom. The van der Waals surface area contributed by atoms with E-state index in [1.807, 2.05) is 23.6 Å². The smallest absolute Gasteiger partial charge is 0.251 e. The summed E-state index contributed by atoms with van der Waals surface area (Å²) in [6.07, 6.45) is 2.59. The third-order valence-corrected chi connectivity index (χ3v) is 4.92. The first-order valence-electron chi connectivity index (χ1n) is 8.66. The molecule has 0 aliphatic carbocycles. The number of hydrogen-bond donors (Lipinski definition) is 0. The van der Waals surface area contributed by atoms with Crippen molar-refractivity contribution in [3.05, 3.63) is 17.0 Å². The van der Waals surface area contributed by atoms with Gasteiger partial charge in [0, 0.05) is 44.8 Å². The molecular formula is C17H25N3O4. The fourth-order valence-electron chi connectivity index (χ4n) is 3.40. The average Bonchev–Trinajstić information content (AvgIpc) is 3.23. The van der Waals surface area contributed by atoms with Crippen LogP contribution >= 0.6 is 0 Å². The van der Waals surface area contributed by atoms with E-state index in [1.54, 1.807) is 0 Å². The summed E-state index contributed by atoms with van der Waals surface area (Å²) in [6, 6.07) is 0. The maximum atomic E-state index is 12.4. The van der Waals surface area contributed by atoms with Crippen molar-refractivity contribution in [2.75, 3.05) is 32.8 Å². The molecule has 0 N–H and O–H groups in total. The Bertz CT molecular complexity index is 579. The summed E-state index contributed by atoms with van der Waals surface area (Å²) in [5.74, 6) is 0.988. The minimum Gasteiger partial charge on any atom is -0.368 e. The van der Waals surface area contributed by atoms with Crippen LogP contribution in [0.2, 0.25) is 0 Å². The Hall–Kier alpha value is -1.89. The van der Waals surface area contributed by atoms with Gasteiger partial charge < -0.3 is 19.1 Å². The zero-order chi connectivity index (χ0) is 17.1. The fraction of sp³-hybridized carbons (Fsp3) is 0.706. The van der Waals surface area contributed by atoms with E-state index in [4.69, 9.17) is 9.26 Å². The molecule has 3 rings (SSSR count). The Kier molecular flexibility index (Phi) is 5.18. The molecule has 2 aliphatic rings. The van der Waals surface area contributed by atoms with E-state index in [1.165, 1.54) is 0 Å². The van der Waals surface area contributed by atoms with Crippen LogP contribution in [0.5, 0.6) is 0 Å². The lowest BCUT2D eigenvalue weighted by atomic mass is 10.1. The number of aromatic nitrogens is 1. The number of aryl methyl sites for hydroxylation is 2. The highest BCUT2D eigenvalue weighted by Gasteiger charge is 2.31. The molecule has 1 aromatic rings. The molecule has 0 radical (unpaired) electrons. The molecule has 7 heteroatoms. The molecular weight excluding hydrogens is 310 g/mol. The molecule has 1 atom stereocenters. The molecule has 24 heavy (non-hydrogen) atoms. The average molecular weight is 335 g/mol. The van der Waals surface area contributed by atoms with Crippen LogP contribution in [0.1, 0.15) is 36.3 Å². The van der Waals surface area contributed by atoms with E-state index in [0.29, 0.717) is 45.6 Å². The zero-order valence-corrected chi connectivity index (χ0v) is 14.4. The molecule has 132 valence electrons. The van der Waals surface area contributed by atoms with Gasteiger partial charge in [-0.05, 0) is 33.1 Å². The molecule has 2 fully saturated rings. The summed E-state index contributed by atoms with van der Waals surface area (Å²) in [7, 11) is 0. The van der Waals surface area contributed by atoms with Crippen LogP contribution in [0.15, 0.2) is 4.52 Å². The van der Waals surface area contributed by atoms with Gasteiger partial charge in [-0.1, -0.05) is 5.16 Å². The van der Waals surface area contributed by atoms with Gasteiger partial charge >= 0.3 is 0 Å². The van der Waals surface area contributed by atoms with Crippen LogP contribution in [0.4, 0.5) is 0 Å². The second-order valence-electron chi connectivity index (χ2n) is 6.51. The van der Waals surface area contributed by atoms with Gasteiger partial charge in [0.25, 0.3) is 5.91 Å². The minimum atomic E-state index is -0.271. The van der Waals surface area contributed by atoms with Gasteiger partial charge in [0.1, 0.15) is 11.9 Å². The highest BCUT2D eigenvalue weighted by Crippen LogP contribution is 2.17. The second kappa shape index (κ2) is 7.34. The summed E-state index contributed by atoms with van der Waals surface area (Å²) >= 11 is 0.